The average Bonchev–Trinajstić information content (AvgIpc) is 3.46. The lowest BCUT2D eigenvalue weighted by atomic mass is 10.0. The third kappa shape index (κ3) is 9.22. The number of halogens is 1. The minimum absolute atomic E-state index is 0.281. The molecule has 1 N–H and O–H groups in total. The van der Waals surface area contributed by atoms with Crippen molar-refractivity contribution in [2.24, 2.45) is 0 Å². The topological polar surface area (TPSA) is 114 Å². The highest BCUT2D eigenvalue weighted by Crippen LogP contribution is 2.33. The number of hydrogen-bond acceptors (Lipinski definition) is 8. The van der Waals surface area contributed by atoms with Crippen molar-refractivity contribution in [1.82, 2.24) is 24.3 Å². The fourth-order valence-electron chi connectivity index (χ4n) is 6.31. The second kappa shape index (κ2) is 15.8. The molecule has 1 aromatic heterocycles. The van der Waals surface area contributed by atoms with Crippen LogP contribution in [0, 0.1) is 11.8 Å². The Morgan fingerprint density at radius 3 is 2.38 bits per heavy atom. The normalized spacial score (nSPS) is 15.7. The highest BCUT2D eigenvalue weighted by atomic mass is 35.5. The first-order valence-corrected chi connectivity index (χ1v) is 20.8. The summed E-state index contributed by atoms with van der Waals surface area (Å²) in [5, 5.41) is 8.98. The number of ether oxygens (including phenoxy) is 1. The molecule has 10 nitrogen and oxygen atoms in total. The highest BCUT2D eigenvalue weighted by molar-refractivity contribution is 7.90. The van der Waals surface area contributed by atoms with Crippen LogP contribution in [0.2, 0.25) is 5.02 Å². The van der Waals surface area contributed by atoms with Crippen molar-refractivity contribution in [3.63, 3.8) is 0 Å². The molecule has 0 spiro atoms. The molecule has 0 bridgehead atoms. The molecule has 0 aliphatic carbocycles. The van der Waals surface area contributed by atoms with E-state index in [2.05, 4.69) is 26.7 Å². The molecular formula is C37H42ClN5O5S2. The number of nitrogens with one attached hydrogen (secondary N) is 1. The monoisotopic (exact) mass is 735 g/mol. The van der Waals surface area contributed by atoms with Crippen LogP contribution in [0.1, 0.15) is 39.9 Å². The van der Waals surface area contributed by atoms with Gasteiger partial charge in [0, 0.05) is 93.0 Å². The van der Waals surface area contributed by atoms with Crippen molar-refractivity contribution in [2.45, 2.75) is 43.9 Å². The van der Waals surface area contributed by atoms with E-state index in [-0.39, 0.29) is 6.54 Å². The van der Waals surface area contributed by atoms with E-state index in [0.29, 0.717) is 41.5 Å². The van der Waals surface area contributed by atoms with Crippen molar-refractivity contribution in [2.75, 3.05) is 51.9 Å². The quantitative estimate of drug-likeness (QED) is 0.227. The van der Waals surface area contributed by atoms with E-state index in [1.165, 1.54) is 16.8 Å². The van der Waals surface area contributed by atoms with Crippen molar-refractivity contribution >= 4 is 31.5 Å². The van der Waals surface area contributed by atoms with Crippen LogP contribution in [0.25, 0.3) is 11.3 Å². The van der Waals surface area contributed by atoms with Crippen LogP contribution in [0.15, 0.2) is 71.6 Å². The number of rotatable bonds is 11. The highest BCUT2D eigenvalue weighted by Gasteiger charge is 2.30. The number of sulfonamides is 1. The molecule has 2 aliphatic heterocycles. The maximum absolute atomic E-state index is 12.5. The van der Waals surface area contributed by atoms with Gasteiger partial charge in [-0.3, -0.25) is 9.58 Å². The molecule has 6 rings (SSSR count). The van der Waals surface area contributed by atoms with Gasteiger partial charge in [0.2, 0.25) is 10.0 Å². The first kappa shape index (κ1) is 36.3. The summed E-state index contributed by atoms with van der Waals surface area (Å²) in [5.74, 6) is 6.51. The Bertz CT molecular complexity index is 2120. The van der Waals surface area contributed by atoms with Crippen molar-refractivity contribution in [1.29, 1.82) is 0 Å². The summed E-state index contributed by atoms with van der Waals surface area (Å²) < 4.78 is 57.6. The zero-order valence-corrected chi connectivity index (χ0v) is 30.7. The number of aryl methyl sites for hydroxylation is 1. The molecule has 3 heterocycles. The second-order valence-electron chi connectivity index (χ2n) is 12.8. The lowest BCUT2D eigenvalue weighted by molar-refractivity contribution is 0.0368. The molecule has 50 heavy (non-hydrogen) atoms. The van der Waals surface area contributed by atoms with Gasteiger partial charge in [-0.25, -0.2) is 16.8 Å². The van der Waals surface area contributed by atoms with Gasteiger partial charge in [0.25, 0.3) is 0 Å². The third-order valence-electron chi connectivity index (χ3n) is 9.03. The van der Waals surface area contributed by atoms with E-state index in [9.17, 15) is 16.8 Å². The van der Waals surface area contributed by atoms with Gasteiger partial charge in [0.15, 0.2) is 9.84 Å². The predicted molar refractivity (Wildman–Crippen MR) is 196 cm³/mol. The van der Waals surface area contributed by atoms with E-state index in [0.717, 1.165) is 85.0 Å². The van der Waals surface area contributed by atoms with Crippen LogP contribution in [0.3, 0.4) is 0 Å². The summed E-state index contributed by atoms with van der Waals surface area (Å²) in [6.45, 7) is 7.04. The third-order valence-corrected chi connectivity index (χ3v) is 11.7. The summed E-state index contributed by atoms with van der Waals surface area (Å²) >= 11 is 6.64. The second-order valence-corrected chi connectivity index (χ2v) is 17.2. The van der Waals surface area contributed by atoms with Crippen LogP contribution >= 0.6 is 11.6 Å². The van der Waals surface area contributed by atoms with Crippen LogP contribution in [-0.2, 0) is 57.2 Å². The molecule has 13 heteroatoms. The van der Waals surface area contributed by atoms with E-state index in [1.54, 1.807) is 12.1 Å². The van der Waals surface area contributed by atoms with Crippen LogP contribution in [-0.4, -0.2) is 87.7 Å². The molecule has 0 amide bonds. The number of fused-ring (bicyclic) bond motifs is 1. The zero-order valence-electron chi connectivity index (χ0n) is 28.4. The van der Waals surface area contributed by atoms with Gasteiger partial charge in [0.05, 0.1) is 35.1 Å². The molecule has 4 aromatic rings. The fourth-order valence-corrected chi connectivity index (χ4v) is 7.89. The van der Waals surface area contributed by atoms with Crippen LogP contribution in [0.5, 0.6) is 0 Å². The molecule has 1 fully saturated rings. The van der Waals surface area contributed by atoms with E-state index < -0.39 is 19.9 Å². The summed E-state index contributed by atoms with van der Waals surface area (Å²) in [6.07, 6.45) is 4.00. The Hall–Kier alpha value is -3.54. The molecule has 2 aliphatic rings. The smallest absolute Gasteiger partial charge is 0.211 e. The summed E-state index contributed by atoms with van der Waals surface area (Å²) in [7, 11) is -6.59. The fraction of sp³-hybridized carbons (Fsp3) is 0.378. The summed E-state index contributed by atoms with van der Waals surface area (Å²) in [6, 6.07) is 20.5. The zero-order chi connectivity index (χ0) is 35.3. The number of nitrogens with zero attached hydrogens (tertiary/aromatic N) is 4. The van der Waals surface area contributed by atoms with Crippen LogP contribution in [0.4, 0.5) is 0 Å². The van der Waals surface area contributed by atoms with Gasteiger partial charge in [-0.05, 0) is 53.9 Å². The van der Waals surface area contributed by atoms with Gasteiger partial charge in [-0.2, -0.15) is 9.40 Å². The minimum atomic E-state index is -3.36. The van der Waals surface area contributed by atoms with Gasteiger partial charge in [0.1, 0.15) is 0 Å². The molecule has 0 atom stereocenters. The Balaban J connectivity index is 1.18. The average molecular weight is 736 g/mol. The predicted octanol–water partition coefficient (Wildman–Crippen LogP) is 4.34. The molecule has 1 saturated heterocycles. The van der Waals surface area contributed by atoms with Gasteiger partial charge in [-0.1, -0.05) is 53.8 Å². The first-order chi connectivity index (χ1) is 23.9. The summed E-state index contributed by atoms with van der Waals surface area (Å²) in [4.78, 5) is 2.72. The number of benzene rings is 3. The van der Waals surface area contributed by atoms with Crippen molar-refractivity contribution in [3.8, 4) is 23.1 Å². The molecule has 0 unspecified atom stereocenters. The molecular weight excluding hydrogens is 694 g/mol. The van der Waals surface area contributed by atoms with E-state index >= 15 is 0 Å². The number of sulfone groups is 1. The largest absolute Gasteiger partial charge is 0.379 e. The van der Waals surface area contributed by atoms with Crippen LogP contribution < -0.4 is 5.32 Å². The maximum atomic E-state index is 12.5. The van der Waals surface area contributed by atoms with Crippen molar-refractivity contribution in [3.05, 3.63) is 105 Å². The summed E-state index contributed by atoms with van der Waals surface area (Å²) in [5.41, 5.74) is 7.18. The Labute approximate surface area is 300 Å². The number of aromatic nitrogens is 2. The molecule has 0 radical (unpaired) electrons. The van der Waals surface area contributed by atoms with Gasteiger partial charge < -0.3 is 10.1 Å². The Morgan fingerprint density at radius 2 is 1.64 bits per heavy atom. The molecule has 0 saturated carbocycles. The standard InChI is InChI=1S/C37H42ClN5O5S2/c1-49(44,45)33-12-8-29(9-13-33)25-39-26-30-6-3-5-28(23-30)7-10-31-24-32(11-14-35(31)38)37-34-27-42(50(2,46)47)18-15-36(34)43(40-37)17-4-16-41-19-21-48-22-20-41/h3,5-6,8-9,11-14,23-24,39H,4,15-22,25-27H2,1-2H3. The maximum Gasteiger partial charge on any atom is 0.211 e. The molecule has 3 aromatic carbocycles. The van der Waals surface area contributed by atoms with E-state index in [4.69, 9.17) is 21.4 Å². The van der Waals surface area contributed by atoms with Gasteiger partial charge in [-0.15, -0.1) is 0 Å². The Kier molecular flexibility index (Phi) is 11.4. The number of morpholine rings is 1. The Morgan fingerprint density at radius 1 is 0.880 bits per heavy atom. The van der Waals surface area contributed by atoms with Crippen molar-refractivity contribution < 1.29 is 21.6 Å². The van der Waals surface area contributed by atoms with E-state index in [1.807, 2.05) is 54.6 Å². The minimum Gasteiger partial charge on any atom is -0.379 e. The lowest BCUT2D eigenvalue weighted by Gasteiger charge is -2.27. The SMILES string of the molecule is CS(=O)(=O)c1ccc(CNCc2cccc(C#Cc3cc(-c4nn(CCCN5CCOCC5)c5c4CN(S(C)(=O)=O)CC5)ccc3Cl)c2)cc1. The lowest BCUT2D eigenvalue weighted by Crippen LogP contribution is -2.37. The van der Waals surface area contributed by atoms with Gasteiger partial charge >= 0.3 is 0 Å². The number of hydrogen-bond donors (Lipinski definition) is 1. The first-order valence-electron chi connectivity index (χ1n) is 16.7. The molecule has 264 valence electrons.